The molecule has 0 amide bonds. The third kappa shape index (κ3) is 5.28. The fraction of sp³-hybridized carbons (Fsp3) is 0.190. The Balaban J connectivity index is 1.63. The lowest BCUT2D eigenvalue weighted by molar-refractivity contribution is 0.0698. The monoisotopic (exact) mass is 362 g/mol. The van der Waals surface area contributed by atoms with Crippen molar-refractivity contribution in [2.24, 2.45) is 0 Å². The number of aromatic nitrogens is 2. The van der Waals surface area contributed by atoms with Gasteiger partial charge in [-0.15, -0.1) is 0 Å². The van der Waals surface area contributed by atoms with Crippen LogP contribution in [-0.2, 0) is 6.42 Å². The van der Waals surface area contributed by atoms with Gasteiger partial charge in [-0.1, -0.05) is 42.5 Å². The Morgan fingerprint density at radius 2 is 1.78 bits per heavy atom. The predicted octanol–water partition coefficient (Wildman–Crippen LogP) is 4.27. The number of hydrogen-bond donors (Lipinski definition) is 3. The quantitative estimate of drug-likeness (QED) is 0.519. The summed E-state index contributed by atoms with van der Waals surface area (Å²) in [6.45, 7) is 2.63. The first-order valence-electron chi connectivity index (χ1n) is 8.84. The molecular formula is C21H22N4O2. The average Bonchev–Trinajstić information content (AvgIpc) is 2.66. The van der Waals surface area contributed by atoms with Gasteiger partial charge in [-0.05, 0) is 37.5 Å². The van der Waals surface area contributed by atoms with Crippen LogP contribution in [0.2, 0.25) is 0 Å². The minimum absolute atomic E-state index is 0.200. The standard InChI is InChI=1S/C21H22N4O2/c1-15-14-19(24-18-12-6-5-11-17(18)20(26)27)25-21(23-15)22-13-7-10-16-8-3-2-4-9-16/h2-6,8-9,11-12,14H,7,10,13H2,1H3,(H,26,27)(H2,22,23,24,25). The summed E-state index contributed by atoms with van der Waals surface area (Å²) in [4.78, 5) is 20.2. The molecule has 0 fully saturated rings. The van der Waals surface area contributed by atoms with Crippen LogP contribution in [0.1, 0.15) is 28.0 Å². The van der Waals surface area contributed by atoms with Crippen LogP contribution >= 0.6 is 0 Å². The number of para-hydroxylation sites is 1. The topological polar surface area (TPSA) is 87.1 Å². The van der Waals surface area contributed by atoms with Crippen molar-refractivity contribution in [2.45, 2.75) is 19.8 Å². The van der Waals surface area contributed by atoms with Gasteiger partial charge in [0, 0.05) is 18.3 Å². The first-order valence-corrected chi connectivity index (χ1v) is 8.84. The molecule has 0 unspecified atom stereocenters. The van der Waals surface area contributed by atoms with Crippen molar-refractivity contribution >= 4 is 23.4 Å². The minimum atomic E-state index is -0.983. The molecule has 0 saturated heterocycles. The van der Waals surface area contributed by atoms with E-state index in [1.807, 2.05) is 25.1 Å². The Hall–Kier alpha value is -3.41. The molecule has 0 saturated carbocycles. The van der Waals surface area contributed by atoms with E-state index in [-0.39, 0.29) is 5.56 Å². The summed E-state index contributed by atoms with van der Waals surface area (Å²) in [7, 11) is 0. The fourth-order valence-electron chi connectivity index (χ4n) is 2.77. The molecule has 0 bridgehead atoms. The van der Waals surface area contributed by atoms with E-state index in [1.54, 1.807) is 30.3 Å². The van der Waals surface area contributed by atoms with Gasteiger partial charge in [0.15, 0.2) is 0 Å². The highest BCUT2D eigenvalue weighted by Gasteiger charge is 2.10. The van der Waals surface area contributed by atoms with Crippen LogP contribution in [0.25, 0.3) is 0 Å². The van der Waals surface area contributed by atoms with Crippen molar-refractivity contribution in [3.8, 4) is 0 Å². The van der Waals surface area contributed by atoms with Gasteiger partial charge >= 0.3 is 5.97 Å². The molecule has 1 heterocycles. The molecule has 27 heavy (non-hydrogen) atoms. The summed E-state index contributed by atoms with van der Waals surface area (Å²) in [6.07, 6.45) is 1.95. The number of nitrogens with zero attached hydrogens (tertiary/aromatic N) is 2. The molecule has 0 aliphatic carbocycles. The van der Waals surface area contributed by atoms with Gasteiger partial charge in [0.1, 0.15) is 5.82 Å². The van der Waals surface area contributed by atoms with E-state index in [2.05, 4.69) is 32.7 Å². The van der Waals surface area contributed by atoms with E-state index < -0.39 is 5.97 Å². The highest BCUT2D eigenvalue weighted by atomic mass is 16.4. The first kappa shape index (κ1) is 18.4. The maximum Gasteiger partial charge on any atom is 0.337 e. The Morgan fingerprint density at radius 1 is 1.04 bits per heavy atom. The predicted molar refractivity (Wildman–Crippen MR) is 107 cm³/mol. The highest BCUT2D eigenvalue weighted by molar-refractivity contribution is 5.95. The number of carbonyl (C=O) groups is 1. The van der Waals surface area contributed by atoms with Crippen molar-refractivity contribution in [1.82, 2.24) is 9.97 Å². The molecule has 2 aromatic carbocycles. The zero-order valence-corrected chi connectivity index (χ0v) is 15.1. The van der Waals surface area contributed by atoms with Gasteiger partial charge in [-0.2, -0.15) is 4.98 Å². The maximum atomic E-state index is 11.4. The van der Waals surface area contributed by atoms with Crippen molar-refractivity contribution in [3.05, 3.63) is 77.5 Å². The second-order valence-corrected chi connectivity index (χ2v) is 6.21. The average molecular weight is 362 g/mol. The molecular weight excluding hydrogens is 340 g/mol. The summed E-state index contributed by atoms with van der Waals surface area (Å²) >= 11 is 0. The Labute approximate surface area is 158 Å². The number of hydrogen-bond acceptors (Lipinski definition) is 5. The minimum Gasteiger partial charge on any atom is -0.478 e. The molecule has 3 aromatic rings. The summed E-state index contributed by atoms with van der Waals surface area (Å²) in [6, 6.07) is 18.9. The number of nitrogens with one attached hydrogen (secondary N) is 2. The third-order valence-corrected chi connectivity index (χ3v) is 4.04. The Kier molecular flexibility index (Phi) is 5.99. The summed E-state index contributed by atoms with van der Waals surface area (Å²) in [5, 5.41) is 15.6. The smallest absolute Gasteiger partial charge is 0.337 e. The Bertz CT molecular complexity index is 913. The molecule has 6 heteroatoms. The Morgan fingerprint density at radius 3 is 2.56 bits per heavy atom. The fourth-order valence-corrected chi connectivity index (χ4v) is 2.77. The van der Waals surface area contributed by atoms with Crippen LogP contribution in [0, 0.1) is 6.92 Å². The van der Waals surface area contributed by atoms with Crippen LogP contribution in [0.5, 0.6) is 0 Å². The zero-order chi connectivity index (χ0) is 19.1. The van der Waals surface area contributed by atoms with Crippen LogP contribution in [0.3, 0.4) is 0 Å². The molecule has 0 aliphatic heterocycles. The normalized spacial score (nSPS) is 10.4. The molecule has 3 rings (SSSR count). The number of aromatic carboxylic acids is 1. The maximum absolute atomic E-state index is 11.4. The van der Waals surface area contributed by atoms with Crippen molar-refractivity contribution in [1.29, 1.82) is 0 Å². The highest BCUT2D eigenvalue weighted by Crippen LogP contribution is 2.21. The number of carboxylic acids is 1. The zero-order valence-electron chi connectivity index (χ0n) is 15.1. The number of carboxylic acid groups (broad SMARTS) is 1. The van der Waals surface area contributed by atoms with Gasteiger partial charge < -0.3 is 15.7 Å². The second kappa shape index (κ2) is 8.80. The molecule has 3 N–H and O–H groups in total. The van der Waals surface area contributed by atoms with Gasteiger partial charge in [0.25, 0.3) is 0 Å². The lowest BCUT2D eigenvalue weighted by atomic mass is 10.1. The van der Waals surface area contributed by atoms with E-state index >= 15 is 0 Å². The molecule has 0 radical (unpaired) electrons. The molecule has 138 valence electrons. The number of rotatable bonds is 8. The molecule has 1 aromatic heterocycles. The van der Waals surface area contributed by atoms with E-state index in [4.69, 9.17) is 0 Å². The van der Waals surface area contributed by atoms with E-state index in [1.165, 1.54) is 5.56 Å². The van der Waals surface area contributed by atoms with Crippen molar-refractivity contribution in [3.63, 3.8) is 0 Å². The lowest BCUT2D eigenvalue weighted by Gasteiger charge is -2.11. The van der Waals surface area contributed by atoms with Gasteiger partial charge in [0.2, 0.25) is 5.95 Å². The molecule has 0 atom stereocenters. The molecule has 0 spiro atoms. The largest absolute Gasteiger partial charge is 0.478 e. The molecule has 6 nitrogen and oxygen atoms in total. The van der Waals surface area contributed by atoms with E-state index in [0.717, 1.165) is 25.1 Å². The van der Waals surface area contributed by atoms with Crippen LogP contribution in [0.4, 0.5) is 17.5 Å². The van der Waals surface area contributed by atoms with Crippen molar-refractivity contribution < 1.29 is 9.90 Å². The number of anilines is 3. The third-order valence-electron chi connectivity index (χ3n) is 4.04. The van der Waals surface area contributed by atoms with Crippen LogP contribution in [-0.4, -0.2) is 27.6 Å². The number of aryl methyl sites for hydroxylation is 2. The summed E-state index contributed by atoms with van der Waals surface area (Å²) in [5.41, 5.74) is 2.80. The second-order valence-electron chi connectivity index (χ2n) is 6.21. The number of benzene rings is 2. The van der Waals surface area contributed by atoms with Crippen LogP contribution < -0.4 is 10.6 Å². The van der Waals surface area contributed by atoms with Crippen molar-refractivity contribution in [2.75, 3.05) is 17.2 Å². The van der Waals surface area contributed by atoms with E-state index in [0.29, 0.717) is 17.5 Å². The van der Waals surface area contributed by atoms with Gasteiger partial charge in [-0.3, -0.25) is 0 Å². The lowest BCUT2D eigenvalue weighted by Crippen LogP contribution is -2.09. The van der Waals surface area contributed by atoms with Crippen LogP contribution in [0.15, 0.2) is 60.7 Å². The molecule has 0 aliphatic rings. The van der Waals surface area contributed by atoms with Gasteiger partial charge in [-0.25, -0.2) is 9.78 Å². The first-order chi connectivity index (χ1) is 13.1. The van der Waals surface area contributed by atoms with E-state index in [9.17, 15) is 9.90 Å². The summed E-state index contributed by atoms with van der Waals surface area (Å²) in [5.74, 6) is 0.100. The summed E-state index contributed by atoms with van der Waals surface area (Å²) < 4.78 is 0. The SMILES string of the molecule is Cc1cc(Nc2ccccc2C(=O)O)nc(NCCCc2ccccc2)n1. The van der Waals surface area contributed by atoms with Gasteiger partial charge in [0.05, 0.1) is 11.3 Å².